The lowest BCUT2D eigenvalue weighted by Gasteiger charge is -2.17. The maximum Gasteiger partial charge on any atom is 0.221 e. The number of carbonyl (C=O) groups is 1. The highest BCUT2D eigenvalue weighted by Crippen LogP contribution is 2.23. The number of hydrogen-bond donors (Lipinski definition) is 2. The van der Waals surface area contributed by atoms with Crippen LogP contribution in [0.4, 0.5) is 0 Å². The molecule has 1 rings (SSSR count). The number of nitrogens with zero attached hydrogens (tertiary/aromatic N) is 2. The summed E-state index contributed by atoms with van der Waals surface area (Å²) in [4.78, 5) is 11.1. The lowest BCUT2D eigenvalue weighted by Crippen LogP contribution is -2.25. The first kappa shape index (κ1) is 14.7. The molecule has 0 saturated carbocycles. The fraction of sp³-hybridized carbons (Fsp3) is 0.692. The molecule has 0 spiro atoms. The van der Waals surface area contributed by atoms with Gasteiger partial charge in [0.25, 0.3) is 0 Å². The van der Waals surface area contributed by atoms with E-state index in [-0.39, 0.29) is 11.3 Å². The normalized spacial score (nSPS) is 11.6. The van der Waals surface area contributed by atoms with Crippen molar-refractivity contribution in [2.45, 2.75) is 39.2 Å². The molecule has 1 aromatic heterocycles. The van der Waals surface area contributed by atoms with Gasteiger partial charge in [0.15, 0.2) is 0 Å². The second kappa shape index (κ2) is 6.00. The first-order valence-electron chi connectivity index (χ1n) is 6.29. The molecule has 0 saturated heterocycles. The molecule has 0 aliphatic carbocycles. The van der Waals surface area contributed by atoms with E-state index in [0.29, 0.717) is 13.0 Å². The molecule has 1 amide bonds. The molecule has 0 aliphatic heterocycles. The average molecular weight is 252 g/mol. The third-order valence-electron chi connectivity index (χ3n) is 2.74. The van der Waals surface area contributed by atoms with Crippen LogP contribution in [0.15, 0.2) is 6.20 Å². The van der Waals surface area contributed by atoms with Crippen LogP contribution in [0.5, 0.6) is 0 Å². The minimum absolute atomic E-state index is 0.0407. The van der Waals surface area contributed by atoms with Crippen LogP contribution in [-0.2, 0) is 23.8 Å². The van der Waals surface area contributed by atoms with Crippen molar-refractivity contribution in [2.75, 3.05) is 13.6 Å². The molecule has 0 radical (unpaired) electrons. The molecule has 0 unspecified atom stereocenters. The van der Waals surface area contributed by atoms with Crippen molar-refractivity contribution >= 4 is 5.91 Å². The Labute approximate surface area is 109 Å². The van der Waals surface area contributed by atoms with Gasteiger partial charge >= 0.3 is 0 Å². The van der Waals surface area contributed by atoms with Crippen molar-refractivity contribution in [3.05, 3.63) is 17.5 Å². The Morgan fingerprint density at radius 3 is 2.67 bits per heavy atom. The van der Waals surface area contributed by atoms with Gasteiger partial charge in [-0.25, -0.2) is 0 Å². The first-order chi connectivity index (χ1) is 8.34. The van der Waals surface area contributed by atoms with E-state index in [1.165, 1.54) is 5.56 Å². The lowest BCUT2D eigenvalue weighted by molar-refractivity contribution is -0.120. The van der Waals surface area contributed by atoms with Gasteiger partial charge in [0.2, 0.25) is 5.91 Å². The van der Waals surface area contributed by atoms with Gasteiger partial charge in [-0.05, 0) is 0 Å². The Kier molecular flexibility index (Phi) is 4.90. The molecule has 18 heavy (non-hydrogen) atoms. The average Bonchev–Trinajstić information content (AvgIpc) is 2.65. The summed E-state index contributed by atoms with van der Waals surface area (Å²) in [5, 5.41) is 10.4. The van der Waals surface area contributed by atoms with E-state index >= 15 is 0 Å². The van der Waals surface area contributed by atoms with Gasteiger partial charge in [0, 0.05) is 50.8 Å². The number of carbonyl (C=O) groups excluding carboxylic acids is 1. The summed E-state index contributed by atoms with van der Waals surface area (Å²) >= 11 is 0. The third kappa shape index (κ3) is 4.14. The summed E-state index contributed by atoms with van der Waals surface area (Å²) in [5.41, 5.74) is 2.35. The number of aromatic nitrogens is 2. The predicted molar refractivity (Wildman–Crippen MR) is 72.3 cm³/mol. The largest absolute Gasteiger partial charge is 0.359 e. The van der Waals surface area contributed by atoms with Crippen LogP contribution in [0.25, 0.3) is 0 Å². The van der Waals surface area contributed by atoms with Crippen LogP contribution in [0.1, 0.15) is 38.4 Å². The number of nitrogens with one attached hydrogen (secondary N) is 2. The van der Waals surface area contributed by atoms with Crippen LogP contribution in [0.2, 0.25) is 0 Å². The van der Waals surface area contributed by atoms with Gasteiger partial charge in [0.05, 0.1) is 5.69 Å². The molecular weight excluding hydrogens is 228 g/mol. The van der Waals surface area contributed by atoms with E-state index in [2.05, 4.69) is 36.5 Å². The number of aryl methyl sites for hydroxylation is 1. The zero-order valence-electron chi connectivity index (χ0n) is 12.0. The molecule has 5 heteroatoms. The second-order valence-corrected chi connectivity index (χ2v) is 5.53. The molecule has 0 fully saturated rings. The Balaban J connectivity index is 2.55. The standard InChI is InChI=1S/C13H24N4O/c1-13(2,3)12-10(9-17(5)16-12)8-15-7-6-11(18)14-4/h9,15H,6-8H2,1-5H3,(H,14,18). The summed E-state index contributed by atoms with van der Waals surface area (Å²) in [6.07, 6.45) is 2.54. The summed E-state index contributed by atoms with van der Waals surface area (Å²) in [6.45, 7) is 7.89. The molecule has 0 bridgehead atoms. The minimum atomic E-state index is 0.0407. The highest BCUT2D eigenvalue weighted by Gasteiger charge is 2.21. The van der Waals surface area contributed by atoms with Crippen LogP contribution in [0, 0.1) is 0 Å². The zero-order chi connectivity index (χ0) is 13.8. The lowest BCUT2D eigenvalue weighted by atomic mass is 9.89. The van der Waals surface area contributed by atoms with Crippen LogP contribution in [-0.4, -0.2) is 29.3 Å². The van der Waals surface area contributed by atoms with Crippen LogP contribution < -0.4 is 10.6 Å². The van der Waals surface area contributed by atoms with Gasteiger partial charge in [-0.15, -0.1) is 0 Å². The summed E-state index contributed by atoms with van der Waals surface area (Å²) in [6, 6.07) is 0. The Morgan fingerprint density at radius 2 is 2.11 bits per heavy atom. The van der Waals surface area contributed by atoms with Crippen molar-refractivity contribution in [3.8, 4) is 0 Å². The van der Waals surface area contributed by atoms with E-state index in [1.807, 2.05) is 17.9 Å². The maximum atomic E-state index is 11.1. The topological polar surface area (TPSA) is 59.0 Å². The van der Waals surface area contributed by atoms with E-state index in [0.717, 1.165) is 12.2 Å². The van der Waals surface area contributed by atoms with Crippen molar-refractivity contribution in [1.82, 2.24) is 20.4 Å². The Hall–Kier alpha value is -1.36. The van der Waals surface area contributed by atoms with Crippen molar-refractivity contribution < 1.29 is 4.79 Å². The van der Waals surface area contributed by atoms with E-state index in [4.69, 9.17) is 0 Å². The first-order valence-corrected chi connectivity index (χ1v) is 6.29. The van der Waals surface area contributed by atoms with Crippen LogP contribution in [0.3, 0.4) is 0 Å². The SMILES string of the molecule is CNC(=O)CCNCc1cn(C)nc1C(C)(C)C. The summed E-state index contributed by atoms with van der Waals surface area (Å²) in [5.74, 6) is 0.0599. The molecule has 102 valence electrons. The highest BCUT2D eigenvalue weighted by atomic mass is 16.1. The van der Waals surface area contributed by atoms with Gasteiger partial charge in [-0.1, -0.05) is 20.8 Å². The fourth-order valence-electron chi connectivity index (χ4n) is 1.85. The third-order valence-corrected chi connectivity index (χ3v) is 2.74. The number of hydrogen-bond acceptors (Lipinski definition) is 3. The zero-order valence-corrected chi connectivity index (χ0v) is 12.0. The molecule has 1 heterocycles. The van der Waals surface area contributed by atoms with E-state index in [9.17, 15) is 4.79 Å². The van der Waals surface area contributed by atoms with Gasteiger partial charge < -0.3 is 10.6 Å². The van der Waals surface area contributed by atoms with Gasteiger partial charge in [-0.3, -0.25) is 9.48 Å². The molecule has 1 aromatic rings. The van der Waals surface area contributed by atoms with Crippen molar-refractivity contribution in [2.24, 2.45) is 7.05 Å². The summed E-state index contributed by atoms with van der Waals surface area (Å²) in [7, 11) is 3.59. The molecule has 0 aromatic carbocycles. The summed E-state index contributed by atoms with van der Waals surface area (Å²) < 4.78 is 1.84. The second-order valence-electron chi connectivity index (χ2n) is 5.53. The molecule has 0 aliphatic rings. The van der Waals surface area contributed by atoms with Gasteiger partial charge in [0.1, 0.15) is 0 Å². The predicted octanol–water partition coefficient (Wildman–Crippen LogP) is 0.943. The monoisotopic (exact) mass is 252 g/mol. The van der Waals surface area contributed by atoms with Gasteiger partial charge in [-0.2, -0.15) is 5.10 Å². The quantitative estimate of drug-likeness (QED) is 0.767. The number of rotatable bonds is 5. The minimum Gasteiger partial charge on any atom is -0.359 e. The highest BCUT2D eigenvalue weighted by molar-refractivity contribution is 5.75. The molecule has 0 atom stereocenters. The van der Waals surface area contributed by atoms with Crippen molar-refractivity contribution in [3.63, 3.8) is 0 Å². The van der Waals surface area contributed by atoms with E-state index < -0.39 is 0 Å². The Bertz CT molecular complexity index is 404. The maximum absolute atomic E-state index is 11.1. The molecule has 5 nitrogen and oxygen atoms in total. The Morgan fingerprint density at radius 1 is 1.44 bits per heavy atom. The molecule has 2 N–H and O–H groups in total. The fourth-order valence-corrected chi connectivity index (χ4v) is 1.85. The van der Waals surface area contributed by atoms with Crippen LogP contribution >= 0.6 is 0 Å². The van der Waals surface area contributed by atoms with Crippen molar-refractivity contribution in [1.29, 1.82) is 0 Å². The number of amides is 1. The smallest absolute Gasteiger partial charge is 0.221 e. The van der Waals surface area contributed by atoms with E-state index in [1.54, 1.807) is 7.05 Å². The molecular formula is C13H24N4O.